The van der Waals surface area contributed by atoms with Crippen LogP contribution in [0, 0.1) is 6.92 Å². The number of hydrogen-bond acceptors (Lipinski definition) is 4. The van der Waals surface area contributed by atoms with Crippen molar-refractivity contribution >= 4 is 5.91 Å². The molecule has 21 heavy (non-hydrogen) atoms. The van der Waals surface area contributed by atoms with Crippen LogP contribution in [-0.4, -0.2) is 34.2 Å². The lowest BCUT2D eigenvalue weighted by atomic mass is 10.2. The summed E-state index contributed by atoms with van der Waals surface area (Å²) in [5, 5.41) is 2.96. The number of carbonyl (C=O) groups excluding carboxylic acids is 1. The van der Waals surface area contributed by atoms with E-state index in [1.54, 1.807) is 19.5 Å². The smallest absolute Gasteiger partial charge is 0.222 e. The summed E-state index contributed by atoms with van der Waals surface area (Å²) >= 11 is 0. The zero-order valence-corrected chi connectivity index (χ0v) is 12.3. The van der Waals surface area contributed by atoms with Crippen LogP contribution in [0.1, 0.15) is 24.0 Å². The lowest BCUT2D eigenvalue weighted by Crippen LogP contribution is -2.32. The number of aryl methyl sites for hydroxylation is 2. The molecule has 0 saturated heterocycles. The molecule has 1 N–H and O–H groups in total. The maximum Gasteiger partial charge on any atom is 0.222 e. The van der Waals surface area contributed by atoms with Gasteiger partial charge in [-0.2, -0.15) is 0 Å². The summed E-state index contributed by atoms with van der Waals surface area (Å²) < 4.78 is 7.11. The number of rotatable bonds is 7. The van der Waals surface area contributed by atoms with Gasteiger partial charge in [0.05, 0.1) is 18.3 Å². The van der Waals surface area contributed by atoms with Crippen molar-refractivity contribution in [3.05, 3.63) is 48.3 Å². The van der Waals surface area contributed by atoms with Crippen molar-refractivity contribution < 1.29 is 9.53 Å². The lowest BCUT2D eigenvalue weighted by Gasteiger charge is -2.17. The average Bonchev–Trinajstić information content (AvgIpc) is 2.91. The standard InChI is InChI=1S/C15H20N4O2/c1-12-16-8-10-19(12)9-6-15(20)18-14(11-21-2)13-5-3-4-7-17-13/h3-5,7-8,10,14H,6,9,11H2,1-2H3,(H,18,20)/t14-/m0/s1. The summed E-state index contributed by atoms with van der Waals surface area (Å²) in [6, 6.07) is 5.39. The minimum absolute atomic E-state index is 0.0317. The maximum atomic E-state index is 12.1. The van der Waals surface area contributed by atoms with Crippen LogP contribution in [0.2, 0.25) is 0 Å². The second kappa shape index (κ2) is 7.54. The Labute approximate surface area is 124 Å². The zero-order valence-electron chi connectivity index (χ0n) is 12.3. The number of methoxy groups -OCH3 is 1. The fourth-order valence-electron chi connectivity index (χ4n) is 2.08. The Morgan fingerprint density at radius 3 is 2.86 bits per heavy atom. The number of carbonyl (C=O) groups is 1. The second-order valence-corrected chi connectivity index (χ2v) is 4.75. The Balaban J connectivity index is 1.91. The predicted octanol–water partition coefficient (Wildman–Crippen LogP) is 1.48. The van der Waals surface area contributed by atoms with E-state index < -0.39 is 0 Å². The molecule has 2 heterocycles. The van der Waals surface area contributed by atoms with Gasteiger partial charge in [-0.05, 0) is 19.1 Å². The van der Waals surface area contributed by atoms with E-state index in [0.717, 1.165) is 11.5 Å². The number of nitrogens with one attached hydrogen (secondary N) is 1. The van der Waals surface area contributed by atoms with Crippen molar-refractivity contribution in [2.45, 2.75) is 25.9 Å². The molecule has 0 radical (unpaired) electrons. The highest BCUT2D eigenvalue weighted by atomic mass is 16.5. The highest BCUT2D eigenvalue weighted by molar-refractivity contribution is 5.76. The van der Waals surface area contributed by atoms with Gasteiger partial charge in [0.15, 0.2) is 0 Å². The average molecular weight is 288 g/mol. The van der Waals surface area contributed by atoms with Crippen LogP contribution in [0.4, 0.5) is 0 Å². The van der Waals surface area contributed by atoms with Gasteiger partial charge in [0.1, 0.15) is 5.82 Å². The van der Waals surface area contributed by atoms with Crippen molar-refractivity contribution in [3.63, 3.8) is 0 Å². The summed E-state index contributed by atoms with van der Waals surface area (Å²) in [6.45, 7) is 2.92. The van der Waals surface area contributed by atoms with Gasteiger partial charge >= 0.3 is 0 Å². The predicted molar refractivity (Wildman–Crippen MR) is 78.6 cm³/mol. The largest absolute Gasteiger partial charge is 0.382 e. The van der Waals surface area contributed by atoms with E-state index in [1.165, 1.54) is 0 Å². The van der Waals surface area contributed by atoms with E-state index in [-0.39, 0.29) is 11.9 Å². The van der Waals surface area contributed by atoms with Crippen LogP contribution < -0.4 is 5.32 Å². The summed E-state index contributed by atoms with van der Waals surface area (Å²) in [5.74, 6) is 0.872. The first-order chi connectivity index (χ1) is 10.2. The van der Waals surface area contributed by atoms with Gasteiger partial charge in [-0.1, -0.05) is 6.07 Å². The van der Waals surface area contributed by atoms with Crippen LogP contribution in [0.5, 0.6) is 0 Å². The first kappa shape index (κ1) is 15.2. The molecule has 1 atom stereocenters. The zero-order chi connectivity index (χ0) is 15.1. The highest BCUT2D eigenvalue weighted by Crippen LogP contribution is 2.10. The Bertz CT molecular complexity index is 568. The van der Waals surface area contributed by atoms with Gasteiger partial charge in [-0.25, -0.2) is 4.98 Å². The van der Waals surface area contributed by atoms with Gasteiger partial charge in [0.2, 0.25) is 5.91 Å². The van der Waals surface area contributed by atoms with Gasteiger partial charge in [0, 0.05) is 38.7 Å². The van der Waals surface area contributed by atoms with Crippen molar-refractivity contribution in [1.29, 1.82) is 0 Å². The minimum atomic E-state index is -0.229. The molecule has 0 aliphatic carbocycles. The minimum Gasteiger partial charge on any atom is -0.382 e. The van der Waals surface area contributed by atoms with Crippen molar-refractivity contribution in [3.8, 4) is 0 Å². The molecule has 6 nitrogen and oxygen atoms in total. The van der Waals surface area contributed by atoms with Crippen molar-refractivity contribution in [2.75, 3.05) is 13.7 Å². The quantitative estimate of drug-likeness (QED) is 0.838. The molecule has 2 aromatic rings. The van der Waals surface area contributed by atoms with Crippen LogP contribution in [0.3, 0.4) is 0 Å². The molecular weight excluding hydrogens is 268 g/mol. The molecule has 0 fully saturated rings. The van der Waals surface area contributed by atoms with Crippen molar-refractivity contribution in [1.82, 2.24) is 19.9 Å². The van der Waals surface area contributed by atoms with Crippen molar-refractivity contribution in [2.24, 2.45) is 0 Å². The van der Waals surface area contributed by atoms with Gasteiger partial charge in [0.25, 0.3) is 0 Å². The molecule has 1 amide bonds. The molecule has 0 saturated carbocycles. The fraction of sp³-hybridized carbons (Fsp3) is 0.400. The molecule has 0 spiro atoms. The molecule has 2 aromatic heterocycles. The number of imidazole rings is 1. The monoisotopic (exact) mass is 288 g/mol. The van der Waals surface area contributed by atoms with E-state index in [1.807, 2.05) is 35.9 Å². The Morgan fingerprint density at radius 2 is 2.24 bits per heavy atom. The van der Waals surface area contributed by atoms with E-state index in [2.05, 4.69) is 15.3 Å². The number of amides is 1. The Morgan fingerprint density at radius 1 is 1.38 bits per heavy atom. The van der Waals surface area contributed by atoms with E-state index in [9.17, 15) is 4.79 Å². The first-order valence-electron chi connectivity index (χ1n) is 6.87. The number of pyridine rings is 1. The summed E-state index contributed by atoms with van der Waals surface area (Å²) in [5.41, 5.74) is 0.798. The number of hydrogen-bond donors (Lipinski definition) is 1. The SMILES string of the molecule is COC[C@H](NC(=O)CCn1ccnc1C)c1ccccn1. The van der Waals surface area contributed by atoms with Gasteiger partial charge in [-0.3, -0.25) is 9.78 Å². The van der Waals surface area contributed by atoms with Crippen LogP contribution in [-0.2, 0) is 16.1 Å². The molecule has 112 valence electrons. The molecule has 6 heteroatoms. The maximum absolute atomic E-state index is 12.1. The van der Waals surface area contributed by atoms with Crippen LogP contribution >= 0.6 is 0 Å². The third-order valence-electron chi connectivity index (χ3n) is 3.22. The van der Waals surface area contributed by atoms with Crippen LogP contribution in [0.15, 0.2) is 36.8 Å². The number of aromatic nitrogens is 3. The Hall–Kier alpha value is -2.21. The summed E-state index contributed by atoms with van der Waals surface area (Å²) in [7, 11) is 1.61. The normalized spacial score (nSPS) is 12.1. The first-order valence-corrected chi connectivity index (χ1v) is 6.87. The Kier molecular flexibility index (Phi) is 5.45. The summed E-state index contributed by atoms with van der Waals surface area (Å²) in [4.78, 5) is 20.5. The topological polar surface area (TPSA) is 69.0 Å². The van der Waals surface area contributed by atoms with E-state index >= 15 is 0 Å². The molecule has 0 aliphatic heterocycles. The van der Waals surface area contributed by atoms with E-state index in [0.29, 0.717) is 19.6 Å². The molecule has 0 aliphatic rings. The molecular formula is C15H20N4O2. The number of nitrogens with zero attached hydrogens (tertiary/aromatic N) is 3. The van der Waals surface area contributed by atoms with E-state index in [4.69, 9.17) is 4.74 Å². The van der Waals surface area contributed by atoms with Gasteiger partial charge < -0.3 is 14.6 Å². The second-order valence-electron chi connectivity index (χ2n) is 4.75. The number of ether oxygens (including phenoxy) is 1. The third-order valence-corrected chi connectivity index (χ3v) is 3.22. The fourth-order valence-corrected chi connectivity index (χ4v) is 2.08. The molecule has 0 bridgehead atoms. The molecule has 0 aromatic carbocycles. The third kappa shape index (κ3) is 4.39. The molecule has 2 rings (SSSR count). The van der Waals surface area contributed by atoms with Gasteiger partial charge in [-0.15, -0.1) is 0 Å². The molecule has 0 unspecified atom stereocenters. The van der Waals surface area contributed by atoms with Crippen LogP contribution in [0.25, 0.3) is 0 Å². The lowest BCUT2D eigenvalue weighted by molar-refractivity contribution is -0.122. The summed E-state index contributed by atoms with van der Waals surface area (Å²) in [6.07, 6.45) is 5.70. The highest BCUT2D eigenvalue weighted by Gasteiger charge is 2.15.